The molecule has 2 rings (SSSR count). The van der Waals surface area contributed by atoms with Crippen molar-refractivity contribution in [1.82, 2.24) is 0 Å². The minimum absolute atomic E-state index is 0.0340. The quantitative estimate of drug-likeness (QED) is 0.658. The third-order valence-corrected chi connectivity index (χ3v) is 2.65. The number of fused-ring (bicyclic) bond motifs is 1. The number of carbonyl (C=O) groups excluding carboxylic acids is 1. The maximum atomic E-state index is 11.5. The lowest BCUT2D eigenvalue weighted by atomic mass is 9.99. The van der Waals surface area contributed by atoms with Crippen LogP contribution in [0.1, 0.15) is 28.9 Å². The number of aromatic hydroxyl groups is 2. The lowest BCUT2D eigenvalue weighted by Crippen LogP contribution is -2.14. The molecule has 17 heavy (non-hydrogen) atoms. The molecular formula is C11H12O6. The predicted octanol–water partition coefficient (Wildman–Crippen LogP) is 0.699. The highest BCUT2D eigenvalue weighted by atomic mass is 16.6. The van der Waals surface area contributed by atoms with E-state index in [9.17, 15) is 20.1 Å². The van der Waals surface area contributed by atoms with Gasteiger partial charge in [-0.15, -0.1) is 0 Å². The van der Waals surface area contributed by atoms with Gasteiger partial charge in [0.25, 0.3) is 0 Å². The number of esters is 1. The van der Waals surface area contributed by atoms with Crippen LogP contribution in [0.4, 0.5) is 0 Å². The van der Waals surface area contributed by atoms with E-state index >= 15 is 0 Å². The van der Waals surface area contributed by atoms with Crippen molar-refractivity contribution in [1.29, 1.82) is 0 Å². The summed E-state index contributed by atoms with van der Waals surface area (Å²) in [7, 11) is 1.27. The van der Waals surface area contributed by atoms with Crippen LogP contribution in [0, 0.1) is 0 Å². The average Bonchev–Trinajstić information content (AvgIpc) is 2.57. The zero-order chi connectivity index (χ0) is 12.7. The zero-order valence-electron chi connectivity index (χ0n) is 9.30. The Morgan fingerprint density at radius 1 is 1.47 bits per heavy atom. The summed E-state index contributed by atoms with van der Waals surface area (Å²) in [6, 6.07) is 1.15. The number of cyclic esters (lactones) is 1. The van der Waals surface area contributed by atoms with Crippen LogP contribution >= 0.6 is 0 Å². The number of phenolic OH excluding ortho intramolecular Hbond substituents is 2. The Labute approximate surface area is 97.0 Å². The van der Waals surface area contributed by atoms with Crippen molar-refractivity contribution >= 4 is 5.97 Å². The molecule has 1 aliphatic rings. The lowest BCUT2D eigenvalue weighted by Gasteiger charge is -2.16. The highest BCUT2D eigenvalue weighted by Crippen LogP contribution is 2.48. The van der Waals surface area contributed by atoms with Crippen LogP contribution in [0.3, 0.4) is 0 Å². The first-order chi connectivity index (χ1) is 7.97. The molecule has 2 atom stereocenters. The van der Waals surface area contributed by atoms with E-state index in [-0.39, 0.29) is 28.4 Å². The van der Waals surface area contributed by atoms with Gasteiger partial charge in [-0.25, -0.2) is 4.79 Å². The Kier molecular flexibility index (Phi) is 2.59. The molecule has 3 N–H and O–H groups in total. The molecular weight excluding hydrogens is 228 g/mol. The summed E-state index contributed by atoms with van der Waals surface area (Å²) in [6.45, 7) is 1.44. The number of aliphatic hydroxyl groups excluding tert-OH is 1. The number of aliphatic hydroxyl groups is 1. The maximum absolute atomic E-state index is 11.5. The molecule has 6 nitrogen and oxygen atoms in total. The van der Waals surface area contributed by atoms with Gasteiger partial charge in [-0.3, -0.25) is 0 Å². The topological polar surface area (TPSA) is 96.2 Å². The fourth-order valence-corrected chi connectivity index (χ4v) is 1.89. The Bertz CT molecular complexity index is 479. The standard InChI is InChI=1S/C11H12O6/c1-4(12)9-7-5(11(15)17-9)3-6(13)10(16-2)8(7)14/h3-4,9,12-14H,1-2H3. The molecule has 1 aromatic rings. The van der Waals surface area contributed by atoms with Crippen LogP contribution in [0.2, 0.25) is 0 Å². The first-order valence-electron chi connectivity index (χ1n) is 4.99. The van der Waals surface area contributed by atoms with Gasteiger partial charge in [-0.1, -0.05) is 0 Å². The second kappa shape index (κ2) is 3.81. The Balaban J connectivity index is 2.67. The van der Waals surface area contributed by atoms with Gasteiger partial charge >= 0.3 is 5.97 Å². The monoisotopic (exact) mass is 240 g/mol. The fourth-order valence-electron chi connectivity index (χ4n) is 1.89. The smallest absolute Gasteiger partial charge is 0.339 e. The molecule has 0 aromatic heterocycles. The van der Waals surface area contributed by atoms with Crippen LogP contribution in [-0.2, 0) is 4.74 Å². The SMILES string of the molecule is COc1c(O)cc2c(c1O)C(C(C)O)OC2=O. The van der Waals surface area contributed by atoms with Gasteiger partial charge in [0.15, 0.2) is 17.6 Å². The minimum Gasteiger partial charge on any atom is -0.504 e. The first-order valence-corrected chi connectivity index (χ1v) is 4.99. The number of benzene rings is 1. The Morgan fingerprint density at radius 3 is 2.65 bits per heavy atom. The van der Waals surface area contributed by atoms with Gasteiger partial charge in [0.1, 0.15) is 0 Å². The van der Waals surface area contributed by atoms with E-state index in [1.807, 2.05) is 0 Å². The molecule has 0 amide bonds. The second-order valence-corrected chi connectivity index (χ2v) is 3.81. The number of hydrogen-bond donors (Lipinski definition) is 3. The normalized spacial score (nSPS) is 19.7. The van der Waals surface area contributed by atoms with E-state index in [2.05, 4.69) is 0 Å². The van der Waals surface area contributed by atoms with Crippen LogP contribution in [0.5, 0.6) is 17.2 Å². The summed E-state index contributed by atoms with van der Waals surface area (Å²) in [4.78, 5) is 11.5. The van der Waals surface area contributed by atoms with E-state index < -0.39 is 18.2 Å². The zero-order valence-corrected chi connectivity index (χ0v) is 9.30. The van der Waals surface area contributed by atoms with Crippen molar-refractivity contribution in [3.05, 3.63) is 17.2 Å². The largest absolute Gasteiger partial charge is 0.504 e. The highest BCUT2D eigenvalue weighted by molar-refractivity contribution is 5.96. The Morgan fingerprint density at radius 2 is 2.12 bits per heavy atom. The van der Waals surface area contributed by atoms with Crippen LogP contribution in [-0.4, -0.2) is 34.5 Å². The van der Waals surface area contributed by atoms with Crippen molar-refractivity contribution in [2.24, 2.45) is 0 Å². The number of methoxy groups -OCH3 is 1. The van der Waals surface area contributed by atoms with Gasteiger partial charge in [-0.2, -0.15) is 0 Å². The average molecular weight is 240 g/mol. The summed E-state index contributed by atoms with van der Waals surface area (Å²) < 4.78 is 9.73. The van der Waals surface area contributed by atoms with E-state index in [1.165, 1.54) is 14.0 Å². The molecule has 92 valence electrons. The molecule has 1 heterocycles. The number of ether oxygens (including phenoxy) is 2. The van der Waals surface area contributed by atoms with Gasteiger partial charge in [0, 0.05) is 0 Å². The second-order valence-electron chi connectivity index (χ2n) is 3.81. The predicted molar refractivity (Wildman–Crippen MR) is 56.2 cm³/mol. The minimum atomic E-state index is -0.972. The molecule has 6 heteroatoms. The van der Waals surface area contributed by atoms with Crippen LogP contribution in [0.15, 0.2) is 6.07 Å². The molecule has 0 saturated heterocycles. The van der Waals surface area contributed by atoms with Gasteiger partial charge in [-0.05, 0) is 13.0 Å². The van der Waals surface area contributed by atoms with Crippen LogP contribution in [0.25, 0.3) is 0 Å². The summed E-state index contributed by atoms with van der Waals surface area (Å²) in [5.41, 5.74) is 0.173. The number of carbonyl (C=O) groups is 1. The van der Waals surface area contributed by atoms with Crippen molar-refractivity contribution in [2.75, 3.05) is 7.11 Å². The lowest BCUT2D eigenvalue weighted by molar-refractivity contribution is -0.00334. The molecule has 2 unspecified atom stereocenters. The molecule has 0 radical (unpaired) electrons. The highest BCUT2D eigenvalue weighted by Gasteiger charge is 2.39. The molecule has 0 saturated carbocycles. The van der Waals surface area contributed by atoms with E-state index in [1.54, 1.807) is 0 Å². The molecule has 1 aliphatic heterocycles. The van der Waals surface area contributed by atoms with Crippen molar-refractivity contribution in [3.8, 4) is 17.2 Å². The van der Waals surface area contributed by atoms with Gasteiger partial charge < -0.3 is 24.8 Å². The summed E-state index contributed by atoms with van der Waals surface area (Å²) in [5.74, 6) is -1.59. The van der Waals surface area contributed by atoms with E-state index in [0.717, 1.165) is 6.07 Å². The van der Waals surface area contributed by atoms with E-state index in [0.29, 0.717) is 0 Å². The molecule has 0 spiro atoms. The van der Waals surface area contributed by atoms with Gasteiger partial charge in [0.2, 0.25) is 5.75 Å². The number of phenols is 2. The number of rotatable bonds is 2. The maximum Gasteiger partial charge on any atom is 0.339 e. The van der Waals surface area contributed by atoms with Crippen molar-refractivity contribution in [2.45, 2.75) is 19.1 Å². The third-order valence-electron chi connectivity index (χ3n) is 2.65. The summed E-state index contributed by atoms with van der Waals surface area (Å²) >= 11 is 0. The van der Waals surface area contributed by atoms with Crippen molar-refractivity contribution < 1.29 is 29.6 Å². The van der Waals surface area contributed by atoms with Crippen LogP contribution < -0.4 is 4.74 Å². The van der Waals surface area contributed by atoms with Crippen molar-refractivity contribution in [3.63, 3.8) is 0 Å². The van der Waals surface area contributed by atoms with Gasteiger partial charge in [0.05, 0.1) is 24.3 Å². The Hall–Kier alpha value is -1.95. The third kappa shape index (κ3) is 1.57. The first kappa shape index (κ1) is 11.5. The summed E-state index contributed by atoms with van der Waals surface area (Å²) in [6.07, 6.45) is -1.92. The summed E-state index contributed by atoms with van der Waals surface area (Å²) in [5, 5.41) is 28.9. The fraction of sp³-hybridized carbons (Fsp3) is 0.364. The number of hydrogen-bond acceptors (Lipinski definition) is 6. The molecule has 0 fully saturated rings. The molecule has 0 bridgehead atoms. The van der Waals surface area contributed by atoms with E-state index in [4.69, 9.17) is 9.47 Å². The molecule has 1 aromatic carbocycles. The molecule has 0 aliphatic carbocycles.